The van der Waals surface area contributed by atoms with Crippen molar-refractivity contribution >= 4 is 0 Å². The van der Waals surface area contributed by atoms with Gasteiger partial charge in [-0.3, -0.25) is 0 Å². The first-order chi connectivity index (χ1) is 4.93. The van der Waals surface area contributed by atoms with E-state index >= 15 is 0 Å². The van der Waals surface area contributed by atoms with E-state index < -0.39 is 0 Å². The van der Waals surface area contributed by atoms with Crippen LogP contribution in [-0.2, 0) is 0 Å². The molecule has 1 radical (unpaired) electrons. The van der Waals surface area contributed by atoms with Crippen molar-refractivity contribution in [2.75, 3.05) is 13.1 Å². The number of likely N-dealkylation sites (tertiary alicyclic amines) is 1. The fraction of sp³-hybridized carbons (Fsp3) is 0.556. The van der Waals surface area contributed by atoms with E-state index in [1.807, 2.05) is 6.08 Å². The Balaban J connectivity index is 2.25. The van der Waals surface area contributed by atoms with Gasteiger partial charge in [-0.15, -0.1) is 0 Å². The summed E-state index contributed by atoms with van der Waals surface area (Å²) in [5.41, 5.74) is 0. The lowest BCUT2D eigenvalue weighted by molar-refractivity contribution is 0.309. The molecule has 0 atom stereocenters. The van der Waals surface area contributed by atoms with Gasteiger partial charge in [-0.1, -0.05) is 12.7 Å². The molecule has 0 spiro atoms. The van der Waals surface area contributed by atoms with Gasteiger partial charge in [0.15, 0.2) is 0 Å². The molecular weight excluding hydrogens is 122 g/mol. The summed E-state index contributed by atoms with van der Waals surface area (Å²) in [4.78, 5) is 2.31. The molecule has 1 fully saturated rings. The number of piperidine rings is 1. The first-order valence-corrected chi connectivity index (χ1v) is 3.89. The van der Waals surface area contributed by atoms with Crippen LogP contribution >= 0.6 is 0 Å². The highest BCUT2D eigenvalue weighted by molar-refractivity contribution is 4.95. The maximum atomic E-state index is 5.21. The van der Waals surface area contributed by atoms with Crippen LogP contribution in [0.4, 0.5) is 0 Å². The number of rotatable bonds is 2. The molecule has 1 nitrogen and oxygen atoms in total. The Morgan fingerprint density at radius 2 is 1.80 bits per heavy atom. The van der Waals surface area contributed by atoms with E-state index in [4.69, 9.17) is 6.58 Å². The van der Waals surface area contributed by atoms with Gasteiger partial charge in [0.05, 0.1) is 0 Å². The third-order valence-corrected chi connectivity index (χ3v) is 1.80. The lowest BCUT2D eigenvalue weighted by Crippen LogP contribution is -2.23. The molecule has 10 heavy (non-hydrogen) atoms. The Hall–Kier alpha value is -0.720. The summed E-state index contributed by atoms with van der Waals surface area (Å²) >= 11 is 0. The summed E-state index contributed by atoms with van der Waals surface area (Å²) in [5.74, 6) is 0. The van der Waals surface area contributed by atoms with Gasteiger partial charge in [0.1, 0.15) is 0 Å². The lowest BCUT2D eigenvalue weighted by atomic mass is 10.1. The van der Waals surface area contributed by atoms with Crippen LogP contribution in [0.5, 0.6) is 0 Å². The minimum absolute atomic E-state index is 1.20. The number of nitrogens with zero attached hydrogens (tertiary/aromatic N) is 1. The monoisotopic (exact) mass is 136 g/mol. The van der Waals surface area contributed by atoms with Gasteiger partial charge in [-0.2, -0.15) is 0 Å². The standard InChI is InChI=1S/C9H14N/c1-2-3-7-10-8-5-4-6-9-10/h1-3,7H,4-6,8-9H2. The molecule has 1 rings (SSSR count). The predicted octanol–water partition coefficient (Wildman–Crippen LogP) is 1.98. The van der Waals surface area contributed by atoms with E-state index in [1.165, 1.54) is 32.4 Å². The number of hydrogen-bond donors (Lipinski definition) is 0. The molecule has 1 saturated heterocycles. The summed E-state index contributed by atoms with van der Waals surface area (Å²) < 4.78 is 0. The van der Waals surface area contributed by atoms with E-state index in [1.54, 1.807) is 6.08 Å². The SMILES string of the molecule is [CH]=CC=CN1CCCCC1. The van der Waals surface area contributed by atoms with Crippen LogP contribution in [-0.4, -0.2) is 18.0 Å². The van der Waals surface area contributed by atoms with E-state index in [0.717, 1.165) is 0 Å². The van der Waals surface area contributed by atoms with Gasteiger partial charge in [-0.05, 0) is 31.5 Å². The fourth-order valence-corrected chi connectivity index (χ4v) is 1.24. The van der Waals surface area contributed by atoms with E-state index in [-0.39, 0.29) is 0 Å². The van der Waals surface area contributed by atoms with Gasteiger partial charge in [-0.25, -0.2) is 0 Å². The predicted molar refractivity (Wildman–Crippen MR) is 43.4 cm³/mol. The molecule has 0 unspecified atom stereocenters. The summed E-state index contributed by atoms with van der Waals surface area (Å²) in [6.45, 7) is 7.60. The molecule has 0 N–H and O–H groups in total. The van der Waals surface area contributed by atoms with Gasteiger partial charge < -0.3 is 4.90 Å². The summed E-state index contributed by atoms with van der Waals surface area (Å²) in [6, 6.07) is 0. The zero-order valence-corrected chi connectivity index (χ0v) is 6.29. The normalized spacial score (nSPS) is 19.8. The molecule has 55 valence electrons. The molecule has 0 aromatic rings. The van der Waals surface area contributed by atoms with E-state index in [9.17, 15) is 0 Å². The third kappa shape index (κ3) is 2.26. The lowest BCUT2D eigenvalue weighted by Gasteiger charge is -2.24. The van der Waals surface area contributed by atoms with Crippen LogP contribution in [0.3, 0.4) is 0 Å². The largest absolute Gasteiger partial charge is 0.377 e. The van der Waals surface area contributed by atoms with Crippen molar-refractivity contribution in [2.45, 2.75) is 19.3 Å². The van der Waals surface area contributed by atoms with Crippen molar-refractivity contribution in [3.8, 4) is 0 Å². The molecule has 0 bridgehead atoms. The van der Waals surface area contributed by atoms with Crippen molar-refractivity contribution in [3.63, 3.8) is 0 Å². The van der Waals surface area contributed by atoms with Gasteiger partial charge in [0, 0.05) is 13.1 Å². The number of allylic oxidation sites excluding steroid dienone is 2. The average molecular weight is 136 g/mol. The second-order valence-corrected chi connectivity index (χ2v) is 2.63. The molecule has 0 aromatic heterocycles. The molecule has 1 heterocycles. The molecule has 0 aliphatic carbocycles. The van der Waals surface area contributed by atoms with Crippen LogP contribution < -0.4 is 0 Å². The highest BCUT2D eigenvalue weighted by atomic mass is 15.1. The summed E-state index contributed by atoms with van der Waals surface area (Å²) in [6.07, 6.45) is 9.58. The Kier molecular flexibility index (Phi) is 3.07. The third-order valence-electron chi connectivity index (χ3n) is 1.80. The molecule has 0 saturated carbocycles. The zero-order chi connectivity index (χ0) is 7.23. The zero-order valence-electron chi connectivity index (χ0n) is 6.29. The van der Waals surface area contributed by atoms with Crippen molar-refractivity contribution in [1.29, 1.82) is 0 Å². The van der Waals surface area contributed by atoms with Crippen LogP contribution in [0.2, 0.25) is 0 Å². The molecule has 1 aliphatic heterocycles. The smallest absolute Gasteiger partial charge is 0.0172 e. The second-order valence-electron chi connectivity index (χ2n) is 2.63. The van der Waals surface area contributed by atoms with Gasteiger partial charge in [0.25, 0.3) is 0 Å². The van der Waals surface area contributed by atoms with Crippen LogP contribution in [0, 0.1) is 6.58 Å². The van der Waals surface area contributed by atoms with Gasteiger partial charge >= 0.3 is 0 Å². The highest BCUT2D eigenvalue weighted by Gasteiger charge is 2.03. The minimum atomic E-state index is 1.20. The van der Waals surface area contributed by atoms with E-state index in [0.29, 0.717) is 0 Å². The summed E-state index contributed by atoms with van der Waals surface area (Å²) in [7, 11) is 0. The van der Waals surface area contributed by atoms with Crippen molar-refractivity contribution in [3.05, 3.63) is 24.9 Å². The minimum Gasteiger partial charge on any atom is -0.377 e. The first-order valence-electron chi connectivity index (χ1n) is 3.89. The van der Waals surface area contributed by atoms with Crippen LogP contribution in [0.15, 0.2) is 18.4 Å². The molecule has 0 amide bonds. The van der Waals surface area contributed by atoms with Crippen LogP contribution in [0.25, 0.3) is 0 Å². The first kappa shape index (κ1) is 7.39. The summed E-state index contributed by atoms with van der Waals surface area (Å²) in [5, 5.41) is 0. The van der Waals surface area contributed by atoms with Crippen molar-refractivity contribution in [1.82, 2.24) is 4.90 Å². The maximum absolute atomic E-state index is 5.21. The van der Waals surface area contributed by atoms with Gasteiger partial charge in [0.2, 0.25) is 0 Å². The van der Waals surface area contributed by atoms with E-state index in [2.05, 4.69) is 11.1 Å². The molecular formula is C9H14N. The topological polar surface area (TPSA) is 3.24 Å². The second kappa shape index (κ2) is 4.15. The average Bonchev–Trinajstić information content (AvgIpc) is 2.03. The Labute approximate surface area is 63.0 Å². The Bertz CT molecular complexity index is 121. The fourth-order valence-electron chi connectivity index (χ4n) is 1.24. The number of hydrogen-bond acceptors (Lipinski definition) is 1. The van der Waals surface area contributed by atoms with Crippen LogP contribution in [0.1, 0.15) is 19.3 Å². The van der Waals surface area contributed by atoms with Crippen molar-refractivity contribution < 1.29 is 0 Å². The quantitative estimate of drug-likeness (QED) is 0.525. The highest BCUT2D eigenvalue weighted by Crippen LogP contribution is 2.08. The molecule has 0 aromatic carbocycles. The Morgan fingerprint density at radius 1 is 1.10 bits per heavy atom. The maximum Gasteiger partial charge on any atom is 0.0172 e. The molecule has 1 heteroatoms. The Morgan fingerprint density at radius 3 is 2.40 bits per heavy atom. The van der Waals surface area contributed by atoms with Crippen molar-refractivity contribution in [2.24, 2.45) is 0 Å². The molecule has 1 aliphatic rings.